The molecule has 7 nitrogen and oxygen atoms in total. The first kappa shape index (κ1) is 16.8. The van der Waals surface area contributed by atoms with Gasteiger partial charge in [0.2, 0.25) is 10.0 Å². The van der Waals surface area contributed by atoms with Gasteiger partial charge in [0.15, 0.2) is 0 Å². The van der Waals surface area contributed by atoms with Gasteiger partial charge < -0.3 is 14.8 Å². The van der Waals surface area contributed by atoms with Crippen molar-refractivity contribution in [1.29, 1.82) is 0 Å². The second kappa shape index (κ2) is 8.15. The van der Waals surface area contributed by atoms with Crippen molar-refractivity contribution in [1.82, 2.24) is 9.29 Å². The molecule has 1 heterocycles. The standard InChI is InChI=1S/C12H21N3O4S/c1-13-12-5-4-11(10-14-12)20(16,17)15(6-8-18-2)7-9-19-3/h4-5,10H,6-9H2,1-3H3,(H,13,14). The minimum Gasteiger partial charge on any atom is -0.383 e. The summed E-state index contributed by atoms with van der Waals surface area (Å²) in [6, 6.07) is 3.15. The van der Waals surface area contributed by atoms with Gasteiger partial charge in [-0.3, -0.25) is 0 Å². The van der Waals surface area contributed by atoms with Crippen LogP contribution in [0.3, 0.4) is 0 Å². The number of sulfonamides is 1. The fourth-order valence-corrected chi connectivity index (χ4v) is 2.92. The molecule has 0 saturated carbocycles. The van der Waals surface area contributed by atoms with Gasteiger partial charge >= 0.3 is 0 Å². The van der Waals surface area contributed by atoms with Crippen molar-refractivity contribution in [3.63, 3.8) is 0 Å². The van der Waals surface area contributed by atoms with Gasteiger partial charge in [-0.15, -0.1) is 0 Å². The van der Waals surface area contributed by atoms with Gasteiger partial charge in [-0.25, -0.2) is 13.4 Å². The van der Waals surface area contributed by atoms with Crippen LogP contribution in [0.15, 0.2) is 23.2 Å². The average molecular weight is 303 g/mol. The van der Waals surface area contributed by atoms with Crippen molar-refractivity contribution in [3.8, 4) is 0 Å². The Morgan fingerprint density at radius 1 is 1.20 bits per heavy atom. The van der Waals surface area contributed by atoms with E-state index in [1.165, 1.54) is 30.8 Å². The third-order valence-electron chi connectivity index (χ3n) is 2.72. The number of nitrogens with zero attached hydrogens (tertiary/aromatic N) is 2. The Kier molecular flexibility index (Phi) is 6.86. The van der Waals surface area contributed by atoms with Crippen LogP contribution in [-0.4, -0.2) is 65.3 Å². The molecule has 0 aliphatic heterocycles. The van der Waals surface area contributed by atoms with Crippen molar-refractivity contribution in [2.45, 2.75) is 4.90 Å². The predicted molar refractivity (Wildman–Crippen MR) is 76.3 cm³/mol. The van der Waals surface area contributed by atoms with Crippen LogP contribution in [0.5, 0.6) is 0 Å². The molecular formula is C12H21N3O4S. The van der Waals surface area contributed by atoms with Gasteiger partial charge in [-0.2, -0.15) is 4.31 Å². The second-order valence-electron chi connectivity index (χ2n) is 4.02. The summed E-state index contributed by atoms with van der Waals surface area (Å²) >= 11 is 0. The maximum absolute atomic E-state index is 12.5. The molecule has 1 N–H and O–H groups in total. The summed E-state index contributed by atoms with van der Waals surface area (Å²) in [6.45, 7) is 1.20. The molecule has 0 unspecified atom stereocenters. The minimum atomic E-state index is -3.59. The predicted octanol–water partition coefficient (Wildman–Crippen LogP) is 0.407. The molecule has 114 valence electrons. The van der Waals surface area contributed by atoms with Crippen molar-refractivity contribution in [3.05, 3.63) is 18.3 Å². The molecule has 1 aromatic rings. The van der Waals surface area contributed by atoms with Crippen LogP contribution in [0.2, 0.25) is 0 Å². The van der Waals surface area contributed by atoms with Crippen LogP contribution in [-0.2, 0) is 19.5 Å². The van der Waals surface area contributed by atoms with Gasteiger partial charge in [0.25, 0.3) is 0 Å². The zero-order valence-electron chi connectivity index (χ0n) is 12.0. The molecule has 1 aromatic heterocycles. The number of ether oxygens (including phenoxy) is 2. The molecule has 1 rings (SSSR count). The molecule has 0 aliphatic carbocycles. The largest absolute Gasteiger partial charge is 0.383 e. The highest BCUT2D eigenvalue weighted by atomic mass is 32.2. The lowest BCUT2D eigenvalue weighted by Gasteiger charge is -2.21. The number of pyridine rings is 1. The summed E-state index contributed by atoms with van der Waals surface area (Å²) in [7, 11) is 1.20. The summed E-state index contributed by atoms with van der Waals surface area (Å²) < 4.78 is 36.2. The van der Waals surface area contributed by atoms with Gasteiger partial charge in [-0.05, 0) is 12.1 Å². The number of anilines is 1. The molecule has 0 radical (unpaired) electrons. The van der Waals surface area contributed by atoms with Crippen LogP contribution in [0.25, 0.3) is 0 Å². The first-order valence-corrected chi connectivity index (χ1v) is 7.62. The van der Waals surface area contributed by atoms with Crippen molar-refractivity contribution < 1.29 is 17.9 Å². The number of aromatic nitrogens is 1. The van der Waals surface area contributed by atoms with E-state index in [0.717, 1.165) is 0 Å². The van der Waals surface area contributed by atoms with Crippen molar-refractivity contribution >= 4 is 15.8 Å². The van der Waals surface area contributed by atoms with E-state index in [1.807, 2.05) is 0 Å². The summed E-state index contributed by atoms with van der Waals surface area (Å²) in [5, 5.41) is 2.84. The van der Waals surface area contributed by atoms with E-state index in [0.29, 0.717) is 19.0 Å². The van der Waals surface area contributed by atoms with E-state index in [9.17, 15) is 8.42 Å². The van der Waals surface area contributed by atoms with Crippen LogP contribution in [0, 0.1) is 0 Å². The SMILES string of the molecule is CNc1ccc(S(=O)(=O)N(CCOC)CCOC)cn1. The molecule has 0 fully saturated rings. The van der Waals surface area contributed by atoms with Gasteiger partial charge in [0.1, 0.15) is 10.7 Å². The first-order chi connectivity index (χ1) is 9.56. The van der Waals surface area contributed by atoms with Crippen molar-refractivity contribution in [2.75, 3.05) is 52.9 Å². The molecule has 0 amide bonds. The smallest absolute Gasteiger partial charge is 0.244 e. The average Bonchev–Trinajstić information content (AvgIpc) is 2.47. The number of rotatable bonds is 9. The van der Waals surface area contributed by atoms with E-state index >= 15 is 0 Å². The Balaban J connectivity index is 2.94. The maximum atomic E-state index is 12.5. The van der Waals surface area contributed by atoms with E-state index in [-0.39, 0.29) is 18.0 Å². The maximum Gasteiger partial charge on any atom is 0.244 e. The van der Waals surface area contributed by atoms with Crippen LogP contribution < -0.4 is 5.32 Å². The molecule has 0 spiro atoms. The highest BCUT2D eigenvalue weighted by Gasteiger charge is 2.24. The number of hydrogen-bond donors (Lipinski definition) is 1. The minimum absolute atomic E-state index is 0.156. The van der Waals surface area contributed by atoms with Gasteiger partial charge in [0.05, 0.1) is 13.2 Å². The highest BCUT2D eigenvalue weighted by molar-refractivity contribution is 7.89. The third-order valence-corrected chi connectivity index (χ3v) is 4.60. The van der Waals surface area contributed by atoms with Crippen molar-refractivity contribution in [2.24, 2.45) is 0 Å². The Hall–Kier alpha value is -1.22. The zero-order valence-corrected chi connectivity index (χ0v) is 12.8. The Morgan fingerprint density at radius 2 is 1.80 bits per heavy atom. The topological polar surface area (TPSA) is 80.8 Å². The van der Waals surface area contributed by atoms with Crippen LogP contribution in [0.4, 0.5) is 5.82 Å². The second-order valence-corrected chi connectivity index (χ2v) is 5.96. The summed E-state index contributed by atoms with van der Waals surface area (Å²) in [5.74, 6) is 0.615. The molecule has 0 aliphatic rings. The number of hydrogen-bond acceptors (Lipinski definition) is 6. The van der Waals surface area contributed by atoms with Crippen LogP contribution in [0.1, 0.15) is 0 Å². The lowest BCUT2D eigenvalue weighted by atomic mass is 10.5. The van der Waals surface area contributed by atoms with E-state index in [1.54, 1.807) is 13.1 Å². The molecule has 20 heavy (non-hydrogen) atoms. The summed E-state index contributed by atoms with van der Waals surface area (Å²) in [5.41, 5.74) is 0. The fourth-order valence-electron chi connectivity index (χ4n) is 1.57. The fraction of sp³-hybridized carbons (Fsp3) is 0.583. The quantitative estimate of drug-likeness (QED) is 0.711. The summed E-state index contributed by atoms with van der Waals surface area (Å²) in [6.07, 6.45) is 1.34. The normalized spacial score (nSPS) is 11.8. The molecule has 8 heteroatoms. The Bertz CT molecular complexity index is 482. The Labute approximate surface area is 120 Å². The van der Waals surface area contributed by atoms with Gasteiger partial charge in [0, 0.05) is 40.6 Å². The monoisotopic (exact) mass is 303 g/mol. The lowest BCUT2D eigenvalue weighted by Crippen LogP contribution is -2.36. The van der Waals surface area contributed by atoms with Crippen LogP contribution >= 0.6 is 0 Å². The zero-order chi connectivity index (χ0) is 15.0. The Morgan fingerprint density at radius 3 is 2.20 bits per heavy atom. The molecule has 0 aromatic carbocycles. The molecular weight excluding hydrogens is 282 g/mol. The molecule has 0 bridgehead atoms. The summed E-state index contributed by atoms with van der Waals surface area (Å²) in [4.78, 5) is 4.18. The lowest BCUT2D eigenvalue weighted by molar-refractivity contribution is 0.150. The molecule has 0 saturated heterocycles. The van der Waals surface area contributed by atoms with E-state index in [4.69, 9.17) is 9.47 Å². The third kappa shape index (κ3) is 4.41. The van der Waals surface area contributed by atoms with E-state index < -0.39 is 10.0 Å². The van der Waals surface area contributed by atoms with E-state index in [2.05, 4.69) is 10.3 Å². The van der Waals surface area contributed by atoms with Gasteiger partial charge in [-0.1, -0.05) is 0 Å². The molecule has 0 atom stereocenters. The highest BCUT2D eigenvalue weighted by Crippen LogP contribution is 2.16. The number of methoxy groups -OCH3 is 2. The number of nitrogens with one attached hydrogen (secondary N) is 1. The first-order valence-electron chi connectivity index (χ1n) is 6.18.